The lowest BCUT2D eigenvalue weighted by atomic mass is 9.55. The molecule has 1 aliphatic carbocycles. The van der Waals surface area contributed by atoms with Gasteiger partial charge in [0.2, 0.25) is 0 Å². The average molecular weight is 227 g/mol. The minimum Gasteiger partial charge on any atom is -0.378 e. The molecule has 96 valence electrons. The molecule has 1 N–H and O–H groups in total. The number of hydrogen-bond acceptors (Lipinski definition) is 2. The molecular weight excluding hydrogens is 198 g/mol. The van der Waals surface area contributed by atoms with E-state index in [1.54, 1.807) is 0 Å². The molecule has 1 fully saturated rings. The van der Waals surface area contributed by atoms with Crippen molar-refractivity contribution < 1.29 is 4.74 Å². The Hall–Kier alpha value is -0.0800. The lowest BCUT2D eigenvalue weighted by molar-refractivity contribution is -0.183. The number of rotatable bonds is 5. The summed E-state index contributed by atoms with van der Waals surface area (Å²) in [5.74, 6) is 0.704. The van der Waals surface area contributed by atoms with Crippen molar-refractivity contribution in [1.29, 1.82) is 0 Å². The molecule has 0 saturated heterocycles. The van der Waals surface area contributed by atoms with Gasteiger partial charge in [-0.05, 0) is 25.7 Å². The standard InChI is InChI=1S/C14H29NO/c1-8-11(10(2)3)15-12-9-14(6,16-7)13(12,4)5/h10-12,15H,8-9H2,1-7H3. The summed E-state index contributed by atoms with van der Waals surface area (Å²) in [5.41, 5.74) is 0.268. The van der Waals surface area contributed by atoms with E-state index in [0.717, 1.165) is 6.42 Å². The number of nitrogens with one attached hydrogen (secondary N) is 1. The van der Waals surface area contributed by atoms with Crippen molar-refractivity contribution in [3.05, 3.63) is 0 Å². The van der Waals surface area contributed by atoms with E-state index < -0.39 is 0 Å². The van der Waals surface area contributed by atoms with E-state index in [1.807, 2.05) is 7.11 Å². The molecule has 0 bridgehead atoms. The van der Waals surface area contributed by atoms with Crippen LogP contribution in [0.4, 0.5) is 0 Å². The van der Waals surface area contributed by atoms with Gasteiger partial charge in [0, 0.05) is 24.6 Å². The van der Waals surface area contributed by atoms with Gasteiger partial charge >= 0.3 is 0 Å². The second kappa shape index (κ2) is 4.66. The van der Waals surface area contributed by atoms with Crippen molar-refractivity contribution in [1.82, 2.24) is 5.32 Å². The predicted molar refractivity (Wildman–Crippen MR) is 69.7 cm³/mol. The van der Waals surface area contributed by atoms with E-state index in [0.29, 0.717) is 18.0 Å². The van der Waals surface area contributed by atoms with E-state index in [1.165, 1.54) is 6.42 Å². The Balaban J connectivity index is 2.60. The van der Waals surface area contributed by atoms with E-state index in [2.05, 4.69) is 46.9 Å². The molecule has 0 aromatic heterocycles. The quantitative estimate of drug-likeness (QED) is 0.778. The van der Waals surface area contributed by atoms with Crippen LogP contribution in [0.25, 0.3) is 0 Å². The maximum atomic E-state index is 5.65. The Bertz CT molecular complexity index is 237. The second-order valence-corrected chi connectivity index (χ2v) is 6.34. The largest absolute Gasteiger partial charge is 0.378 e. The smallest absolute Gasteiger partial charge is 0.0731 e. The fraction of sp³-hybridized carbons (Fsp3) is 1.00. The van der Waals surface area contributed by atoms with Crippen molar-refractivity contribution in [3.63, 3.8) is 0 Å². The van der Waals surface area contributed by atoms with E-state index in [9.17, 15) is 0 Å². The highest BCUT2D eigenvalue weighted by Crippen LogP contribution is 2.51. The van der Waals surface area contributed by atoms with Crippen molar-refractivity contribution >= 4 is 0 Å². The van der Waals surface area contributed by atoms with Gasteiger partial charge in [-0.25, -0.2) is 0 Å². The van der Waals surface area contributed by atoms with Crippen LogP contribution in [0, 0.1) is 11.3 Å². The number of methoxy groups -OCH3 is 1. The monoisotopic (exact) mass is 227 g/mol. The van der Waals surface area contributed by atoms with Gasteiger partial charge in [-0.2, -0.15) is 0 Å². The fourth-order valence-electron chi connectivity index (χ4n) is 2.80. The zero-order valence-electron chi connectivity index (χ0n) is 12.1. The maximum absolute atomic E-state index is 5.65. The van der Waals surface area contributed by atoms with E-state index >= 15 is 0 Å². The summed E-state index contributed by atoms with van der Waals surface area (Å²) < 4.78 is 5.65. The highest BCUT2D eigenvalue weighted by molar-refractivity contribution is 5.11. The molecule has 0 amide bonds. The molecule has 0 aromatic rings. The highest BCUT2D eigenvalue weighted by Gasteiger charge is 2.57. The molecule has 2 heteroatoms. The summed E-state index contributed by atoms with van der Waals surface area (Å²) in [6, 6.07) is 1.22. The van der Waals surface area contributed by atoms with Crippen molar-refractivity contribution in [2.45, 2.75) is 72.1 Å². The zero-order chi connectivity index (χ0) is 12.6. The first kappa shape index (κ1) is 14.0. The summed E-state index contributed by atoms with van der Waals surface area (Å²) >= 11 is 0. The lowest BCUT2D eigenvalue weighted by Crippen LogP contribution is -2.69. The Morgan fingerprint density at radius 3 is 2.19 bits per heavy atom. The van der Waals surface area contributed by atoms with Gasteiger partial charge in [0.05, 0.1) is 5.60 Å². The Kier molecular flexibility index (Phi) is 4.07. The van der Waals surface area contributed by atoms with Gasteiger partial charge in [0.15, 0.2) is 0 Å². The Labute approximate surface area is 101 Å². The molecule has 0 heterocycles. The minimum absolute atomic E-state index is 0.0416. The molecule has 1 aliphatic rings. The summed E-state index contributed by atoms with van der Waals surface area (Å²) in [6.45, 7) is 13.7. The molecule has 3 atom stereocenters. The van der Waals surface area contributed by atoms with Gasteiger partial charge in [-0.15, -0.1) is 0 Å². The third-order valence-electron chi connectivity index (χ3n) is 4.94. The van der Waals surface area contributed by atoms with Crippen LogP contribution < -0.4 is 5.32 Å². The summed E-state index contributed by atoms with van der Waals surface area (Å²) in [4.78, 5) is 0. The molecule has 0 aliphatic heterocycles. The molecule has 1 rings (SSSR count). The maximum Gasteiger partial charge on any atom is 0.0731 e. The molecule has 16 heavy (non-hydrogen) atoms. The van der Waals surface area contributed by atoms with Crippen LogP contribution in [0.1, 0.15) is 54.4 Å². The van der Waals surface area contributed by atoms with E-state index in [-0.39, 0.29) is 11.0 Å². The first-order valence-corrected chi connectivity index (χ1v) is 6.59. The first-order chi connectivity index (χ1) is 7.28. The SMILES string of the molecule is CCC(NC1CC(C)(OC)C1(C)C)C(C)C. The second-order valence-electron chi connectivity index (χ2n) is 6.34. The molecule has 2 nitrogen and oxygen atoms in total. The number of ether oxygens (including phenoxy) is 1. The molecule has 0 aromatic carbocycles. The van der Waals surface area contributed by atoms with Gasteiger partial charge in [0.1, 0.15) is 0 Å². The van der Waals surface area contributed by atoms with Crippen molar-refractivity contribution in [2.75, 3.05) is 7.11 Å². The van der Waals surface area contributed by atoms with Crippen LogP contribution >= 0.6 is 0 Å². The zero-order valence-corrected chi connectivity index (χ0v) is 12.1. The third-order valence-corrected chi connectivity index (χ3v) is 4.94. The van der Waals surface area contributed by atoms with Crippen LogP contribution in [0.15, 0.2) is 0 Å². The summed E-state index contributed by atoms with van der Waals surface area (Å²) in [6.07, 6.45) is 2.33. The number of hydrogen-bond donors (Lipinski definition) is 1. The van der Waals surface area contributed by atoms with Gasteiger partial charge in [0.25, 0.3) is 0 Å². The van der Waals surface area contributed by atoms with Crippen LogP contribution in [-0.4, -0.2) is 24.8 Å². The summed E-state index contributed by atoms with van der Waals surface area (Å²) in [5, 5.41) is 3.80. The normalized spacial score (nSPS) is 34.9. The van der Waals surface area contributed by atoms with Crippen molar-refractivity contribution in [2.24, 2.45) is 11.3 Å². The van der Waals surface area contributed by atoms with Gasteiger partial charge in [-0.3, -0.25) is 0 Å². The third kappa shape index (κ3) is 2.14. The highest BCUT2D eigenvalue weighted by atomic mass is 16.5. The van der Waals surface area contributed by atoms with Crippen LogP contribution in [0.5, 0.6) is 0 Å². The molecule has 0 spiro atoms. The summed E-state index contributed by atoms with van der Waals surface area (Å²) in [7, 11) is 1.83. The average Bonchev–Trinajstić information content (AvgIpc) is 2.22. The lowest BCUT2D eigenvalue weighted by Gasteiger charge is -2.60. The predicted octanol–water partition coefficient (Wildman–Crippen LogP) is 3.21. The molecular formula is C14H29NO. The topological polar surface area (TPSA) is 21.3 Å². The molecule has 0 radical (unpaired) electrons. The first-order valence-electron chi connectivity index (χ1n) is 6.59. The van der Waals surface area contributed by atoms with Crippen LogP contribution in [0.3, 0.4) is 0 Å². The van der Waals surface area contributed by atoms with Crippen LogP contribution in [-0.2, 0) is 4.74 Å². The molecule has 3 unspecified atom stereocenters. The Morgan fingerprint density at radius 2 is 1.88 bits per heavy atom. The van der Waals surface area contributed by atoms with Crippen molar-refractivity contribution in [3.8, 4) is 0 Å². The fourth-order valence-corrected chi connectivity index (χ4v) is 2.80. The molecule has 1 saturated carbocycles. The van der Waals surface area contributed by atoms with E-state index in [4.69, 9.17) is 4.74 Å². The van der Waals surface area contributed by atoms with Crippen LogP contribution in [0.2, 0.25) is 0 Å². The van der Waals surface area contributed by atoms with Gasteiger partial charge in [-0.1, -0.05) is 34.6 Å². The minimum atomic E-state index is 0.0416. The van der Waals surface area contributed by atoms with Gasteiger partial charge < -0.3 is 10.1 Å². The Morgan fingerprint density at radius 1 is 1.31 bits per heavy atom.